The van der Waals surface area contributed by atoms with Crippen molar-refractivity contribution in [1.29, 1.82) is 0 Å². The maximum absolute atomic E-state index is 13.4. The Morgan fingerprint density at radius 3 is 2.83 bits per heavy atom. The molecule has 2 unspecified atom stereocenters. The van der Waals surface area contributed by atoms with Crippen LogP contribution in [0, 0.1) is 0 Å². The molecule has 0 bridgehead atoms. The summed E-state index contributed by atoms with van der Waals surface area (Å²) in [6, 6.07) is 10.6. The van der Waals surface area contributed by atoms with Crippen molar-refractivity contribution in [2.24, 2.45) is 16.5 Å². The van der Waals surface area contributed by atoms with Gasteiger partial charge in [0.05, 0.1) is 30.0 Å². The van der Waals surface area contributed by atoms with Crippen molar-refractivity contribution in [3.63, 3.8) is 0 Å². The molecule has 0 amide bonds. The fourth-order valence-corrected chi connectivity index (χ4v) is 6.59. The normalized spacial score (nSPS) is 21.5. The molecular weight excluding hydrogens is 410 g/mol. The molecular formula is C18H19N7O2S2. The summed E-state index contributed by atoms with van der Waals surface area (Å²) in [5.74, 6) is 0.776. The molecule has 0 saturated heterocycles. The van der Waals surface area contributed by atoms with Gasteiger partial charge < -0.3 is 16.4 Å². The molecule has 0 aliphatic carbocycles. The van der Waals surface area contributed by atoms with Crippen molar-refractivity contribution in [3.05, 3.63) is 59.1 Å². The second kappa shape index (κ2) is 6.58. The number of nitrogens with two attached hydrogens (primary N) is 2. The summed E-state index contributed by atoms with van der Waals surface area (Å²) in [4.78, 5) is 6.14. The van der Waals surface area contributed by atoms with Crippen LogP contribution in [0.2, 0.25) is 0 Å². The van der Waals surface area contributed by atoms with Crippen LogP contribution in [0.3, 0.4) is 0 Å². The van der Waals surface area contributed by atoms with Gasteiger partial charge in [-0.15, -0.1) is 11.3 Å². The van der Waals surface area contributed by atoms with Gasteiger partial charge in [0.1, 0.15) is 10.4 Å². The number of aliphatic imine (C=N–C) groups is 1. The third kappa shape index (κ3) is 2.81. The van der Waals surface area contributed by atoms with Gasteiger partial charge in [-0.1, -0.05) is 24.3 Å². The zero-order chi connectivity index (χ0) is 20.2. The van der Waals surface area contributed by atoms with Gasteiger partial charge in [-0.05, 0) is 29.5 Å². The van der Waals surface area contributed by atoms with Crippen LogP contribution < -0.4 is 15.8 Å². The van der Waals surface area contributed by atoms with Crippen molar-refractivity contribution < 1.29 is 8.42 Å². The van der Waals surface area contributed by atoms with Crippen molar-refractivity contribution in [1.82, 2.24) is 15.1 Å². The molecule has 2 atom stereocenters. The smallest absolute Gasteiger partial charge is 0.273 e. The minimum atomic E-state index is -3.70. The van der Waals surface area contributed by atoms with Crippen molar-refractivity contribution in [2.45, 2.75) is 22.8 Å². The Kier molecular flexibility index (Phi) is 4.12. The molecule has 5 rings (SSSR count). The number of fused-ring (bicyclic) bond motifs is 2. The number of rotatable bonds is 3. The second-order valence-electron chi connectivity index (χ2n) is 6.95. The zero-order valence-corrected chi connectivity index (χ0v) is 16.9. The lowest BCUT2D eigenvalue weighted by Gasteiger charge is -2.44. The van der Waals surface area contributed by atoms with E-state index in [0.29, 0.717) is 22.1 Å². The number of nitrogens with one attached hydrogen (secondary N) is 1. The first-order valence-corrected chi connectivity index (χ1v) is 11.3. The highest BCUT2D eigenvalue weighted by Crippen LogP contribution is 2.37. The van der Waals surface area contributed by atoms with Crippen LogP contribution in [0.1, 0.15) is 17.3 Å². The maximum atomic E-state index is 13.4. The zero-order valence-electron chi connectivity index (χ0n) is 15.3. The number of thiophene rings is 1. The Bertz CT molecular complexity index is 1190. The van der Waals surface area contributed by atoms with Crippen molar-refractivity contribution in [3.8, 4) is 0 Å². The number of guanidine groups is 1. The fraction of sp³-hybridized carbons (Fsp3) is 0.222. The van der Waals surface area contributed by atoms with Crippen LogP contribution in [-0.4, -0.2) is 42.1 Å². The number of aromatic amines is 1. The fourth-order valence-electron chi connectivity index (χ4n) is 3.94. The molecule has 29 heavy (non-hydrogen) atoms. The number of hydrogen-bond donors (Lipinski definition) is 3. The number of benzene rings is 1. The molecule has 1 aromatic carbocycles. The van der Waals surface area contributed by atoms with Gasteiger partial charge in [-0.3, -0.25) is 9.40 Å². The summed E-state index contributed by atoms with van der Waals surface area (Å²) >= 11 is 1.20. The molecule has 0 fully saturated rings. The summed E-state index contributed by atoms with van der Waals surface area (Å²) in [6.45, 7) is 0.217. The lowest BCUT2D eigenvalue weighted by atomic mass is 9.97. The van der Waals surface area contributed by atoms with E-state index in [9.17, 15) is 8.42 Å². The summed E-state index contributed by atoms with van der Waals surface area (Å²) in [5, 5.41) is 8.53. The van der Waals surface area contributed by atoms with E-state index >= 15 is 0 Å². The first-order valence-electron chi connectivity index (χ1n) is 9.02. The molecule has 9 nitrogen and oxygen atoms in total. The number of anilines is 1. The van der Waals surface area contributed by atoms with Gasteiger partial charge in [-0.2, -0.15) is 10.1 Å². The molecule has 2 aromatic heterocycles. The highest BCUT2D eigenvalue weighted by Gasteiger charge is 2.40. The molecule has 11 heteroatoms. The van der Waals surface area contributed by atoms with Crippen LogP contribution in [0.15, 0.2) is 57.2 Å². The Morgan fingerprint density at radius 1 is 1.21 bits per heavy atom. The summed E-state index contributed by atoms with van der Waals surface area (Å²) < 4.78 is 28.5. The molecule has 150 valence electrons. The SMILES string of the molecule is NC1=Nc2[nH]ncc2C(N)N1C1Cc2ccccc2N(S(=O)(=O)c2cccs2)C1. The molecule has 2 aliphatic rings. The van der Waals surface area contributed by atoms with Gasteiger partial charge in [0.15, 0.2) is 11.8 Å². The Balaban J connectivity index is 1.58. The van der Waals surface area contributed by atoms with E-state index in [2.05, 4.69) is 15.2 Å². The third-order valence-corrected chi connectivity index (χ3v) is 8.43. The molecule has 0 saturated carbocycles. The average Bonchev–Trinajstić information content (AvgIpc) is 3.39. The van der Waals surface area contributed by atoms with E-state index in [4.69, 9.17) is 11.5 Å². The highest BCUT2D eigenvalue weighted by atomic mass is 32.2. The second-order valence-corrected chi connectivity index (χ2v) is 9.99. The Morgan fingerprint density at radius 2 is 2.03 bits per heavy atom. The van der Waals surface area contributed by atoms with Crippen molar-refractivity contribution >= 4 is 38.8 Å². The summed E-state index contributed by atoms with van der Waals surface area (Å²) in [5.41, 5.74) is 15.0. The van der Waals surface area contributed by atoms with Gasteiger partial charge >= 0.3 is 0 Å². The Labute approximate surface area is 171 Å². The minimum Gasteiger partial charge on any atom is -0.369 e. The first-order chi connectivity index (χ1) is 14.0. The monoisotopic (exact) mass is 429 g/mol. The van der Waals surface area contributed by atoms with Gasteiger partial charge in [0.2, 0.25) is 0 Å². The first kappa shape index (κ1) is 18.2. The maximum Gasteiger partial charge on any atom is 0.273 e. The molecule has 4 heterocycles. The van der Waals surface area contributed by atoms with E-state index in [1.54, 1.807) is 28.6 Å². The van der Waals surface area contributed by atoms with Crippen LogP contribution in [-0.2, 0) is 16.4 Å². The number of aromatic nitrogens is 2. The van der Waals surface area contributed by atoms with Crippen LogP contribution in [0.25, 0.3) is 0 Å². The summed E-state index contributed by atoms with van der Waals surface area (Å²) in [6.07, 6.45) is 1.66. The van der Waals surface area contributed by atoms with Crippen LogP contribution in [0.4, 0.5) is 11.5 Å². The number of para-hydroxylation sites is 1. The molecule has 2 aliphatic heterocycles. The van der Waals surface area contributed by atoms with Gasteiger partial charge in [-0.25, -0.2) is 8.42 Å². The molecule has 3 aromatic rings. The largest absolute Gasteiger partial charge is 0.369 e. The topological polar surface area (TPSA) is 134 Å². The van der Waals surface area contributed by atoms with E-state index < -0.39 is 16.2 Å². The van der Waals surface area contributed by atoms with Gasteiger partial charge in [0, 0.05) is 0 Å². The minimum absolute atomic E-state index is 0.217. The number of sulfonamides is 1. The van der Waals surface area contributed by atoms with E-state index in [1.807, 2.05) is 24.3 Å². The van der Waals surface area contributed by atoms with Crippen molar-refractivity contribution in [2.75, 3.05) is 10.8 Å². The highest BCUT2D eigenvalue weighted by molar-refractivity contribution is 7.94. The standard InChI is InChI=1S/C18H19N7O2S2/c19-16-13-9-21-23-17(13)22-18(20)25(16)12-8-11-4-1-2-5-14(11)24(10-12)29(26,27)15-6-3-7-28-15/h1-7,9,12,16H,8,10,19H2,(H3,20,21,22,23). The predicted octanol–water partition coefficient (Wildman–Crippen LogP) is 1.51. The Hall–Kier alpha value is -2.89. The summed E-state index contributed by atoms with van der Waals surface area (Å²) in [7, 11) is -3.70. The van der Waals surface area contributed by atoms with E-state index in [1.165, 1.54) is 15.6 Å². The number of H-pyrrole nitrogens is 1. The lowest BCUT2D eigenvalue weighted by Crippen LogP contribution is -2.57. The van der Waals surface area contributed by atoms with E-state index in [-0.39, 0.29) is 18.5 Å². The quantitative estimate of drug-likeness (QED) is 0.578. The third-order valence-electron chi connectivity index (χ3n) is 5.28. The number of hydrogen-bond acceptors (Lipinski definition) is 8. The average molecular weight is 430 g/mol. The van der Waals surface area contributed by atoms with Crippen LogP contribution in [0.5, 0.6) is 0 Å². The molecule has 0 radical (unpaired) electrons. The lowest BCUT2D eigenvalue weighted by molar-refractivity contribution is 0.233. The van der Waals surface area contributed by atoms with Gasteiger partial charge in [0.25, 0.3) is 10.0 Å². The number of nitrogens with zero attached hydrogens (tertiary/aromatic N) is 4. The molecule has 0 spiro atoms. The van der Waals surface area contributed by atoms with E-state index in [0.717, 1.165) is 11.1 Å². The predicted molar refractivity (Wildman–Crippen MR) is 111 cm³/mol. The molecule has 5 N–H and O–H groups in total. The van der Waals surface area contributed by atoms with Crippen LogP contribution >= 0.6 is 11.3 Å².